The van der Waals surface area contributed by atoms with E-state index in [1.165, 1.54) is 11.9 Å². The van der Waals surface area contributed by atoms with Crippen molar-refractivity contribution in [3.05, 3.63) is 36.4 Å². The molecular formula is C10H10N2S. The number of hydrogen-bond acceptors (Lipinski definition) is 3. The molecule has 0 aliphatic carbocycles. The predicted molar refractivity (Wildman–Crippen MR) is 58.4 cm³/mol. The van der Waals surface area contributed by atoms with Crippen LogP contribution in [0.3, 0.4) is 0 Å². The van der Waals surface area contributed by atoms with Crippen molar-refractivity contribution in [3.8, 4) is 0 Å². The maximum Gasteiger partial charge on any atom is 0.0394 e. The Bertz CT molecular complexity index is 440. The maximum absolute atomic E-state index is 5.83. The lowest BCUT2D eigenvalue weighted by molar-refractivity contribution is 1.54. The third-order valence-corrected chi connectivity index (χ3v) is 2.65. The normalized spacial score (nSPS) is 10.5. The number of nitrogen functional groups attached to an aromatic ring is 1. The van der Waals surface area contributed by atoms with Gasteiger partial charge >= 0.3 is 0 Å². The molecule has 0 unspecified atom stereocenters. The smallest absolute Gasteiger partial charge is 0.0394 e. The van der Waals surface area contributed by atoms with E-state index in [0.717, 1.165) is 21.4 Å². The molecule has 4 N–H and O–H groups in total. The molecule has 0 saturated carbocycles. The van der Waals surface area contributed by atoms with Crippen molar-refractivity contribution < 1.29 is 0 Å². The minimum absolute atomic E-state index is 0.799. The summed E-state index contributed by atoms with van der Waals surface area (Å²) in [6.45, 7) is 0. The van der Waals surface area contributed by atoms with Crippen LogP contribution in [0, 0.1) is 0 Å². The lowest BCUT2D eigenvalue weighted by Crippen LogP contribution is -1.88. The quantitative estimate of drug-likeness (QED) is 0.536. The summed E-state index contributed by atoms with van der Waals surface area (Å²) in [5.41, 5.74) is 6.63. The summed E-state index contributed by atoms with van der Waals surface area (Å²) >= 11 is 1.25. The van der Waals surface area contributed by atoms with Gasteiger partial charge in [0.2, 0.25) is 0 Å². The van der Waals surface area contributed by atoms with Crippen LogP contribution in [0.25, 0.3) is 10.8 Å². The Hall–Kier alpha value is -1.19. The first kappa shape index (κ1) is 8.41. The number of fused-ring (bicyclic) bond motifs is 1. The van der Waals surface area contributed by atoms with Gasteiger partial charge in [-0.25, -0.2) is 0 Å². The van der Waals surface area contributed by atoms with E-state index in [1.54, 1.807) is 0 Å². The van der Waals surface area contributed by atoms with E-state index in [2.05, 4.69) is 0 Å². The molecule has 66 valence electrons. The highest BCUT2D eigenvalue weighted by Crippen LogP contribution is 2.27. The van der Waals surface area contributed by atoms with E-state index in [1.807, 2.05) is 36.4 Å². The molecule has 0 heterocycles. The van der Waals surface area contributed by atoms with Crippen LogP contribution in [0.4, 0.5) is 5.69 Å². The monoisotopic (exact) mass is 190 g/mol. The zero-order valence-corrected chi connectivity index (χ0v) is 7.84. The molecule has 0 amide bonds. The van der Waals surface area contributed by atoms with Crippen molar-refractivity contribution in [3.63, 3.8) is 0 Å². The second-order valence-electron chi connectivity index (χ2n) is 2.82. The molecule has 0 fully saturated rings. The largest absolute Gasteiger partial charge is 0.398 e. The number of rotatable bonds is 1. The summed E-state index contributed by atoms with van der Waals surface area (Å²) in [5.74, 6) is 0. The molecule has 2 rings (SSSR count). The Morgan fingerprint density at radius 2 is 1.62 bits per heavy atom. The van der Waals surface area contributed by atoms with Gasteiger partial charge in [0.25, 0.3) is 0 Å². The van der Waals surface area contributed by atoms with Gasteiger partial charge in [-0.3, -0.25) is 5.14 Å². The van der Waals surface area contributed by atoms with Gasteiger partial charge in [0, 0.05) is 16.0 Å². The lowest BCUT2D eigenvalue weighted by atomic mass is 10.1. The van der Waals surface area contributed by atoms with Gasteiger partial charge in [0.1, 0.15) is 0 Å². The molecule has 2 aromatic rings. The van der Waals surface area contributed by atoms with E-state index in [-0.39, 0.29) is 0 Å². The third kappa shape index (κ3) is 1.36. The Balaban J connectivity index is 2.84. The van der Waals surface area contributed by atoms with Crippen LogP contribution in [0.2, 0.25) is 0 Å². The van der Waals surface area contributed by atoms with Crippen molar-refractivity contribution in [2.45, 2.75) is 4.90 Å². The molecule has 13 heavy (non-hydrogen) atoms. The van der Waals surface area contributed by atoms with E-state index >= 15 is 0 Å². The zero-order valence-electron chi connectivity index (χ0n) is 7.03. The number of nitrogens with two attached hydrogens (primary N) is 2. The third-order valence-electron chi connectivity index (χ3n) is 2.04. The van der Waals surface area contributed by atoms with E-state index in [4.69, 9.17) is 10.9 Å². The van der Waals surface area contributed by atoms with Crippen molar-refractivity contribution in [2.24, 2.45) is 5.14 Å². The van der Waals surface area contributed by atoms with E-state index < -0.39 is 0 Å². The molecule has 0 saturated heterocycles. The van der Waals surface area contributed by atoms with Gasteiger partial charge in [-0.15, -0.1) is 0 Å². The van der Waals surface area contributed by atoms with Gasteiger partial charge in [0.05, 0.1) is 0 Å². The first-order valence-electron chi connectivity index (χ1n) is 3.97. The Morgan fingerprint density at radius 1 is 0.923 bits per heavy atom. The van der Waals surface area contributed by atoms with Crippen molar-refractivity contribution in [1.29, 1.82) is 0 Å². The van der Waals surface area contributed by atoms with Crippen LogP contribution in [0.5, 0.6) is 0 Å². The Morgan fingerprint density at radius 3 is 2.38 bits per heavy atom. The first-order chi connectivity index (χ1) is 6.33. The van der Waals surface area contributed by atoms with Gasteiger partial charge in [-0.2, -0.15) is 0 Å². The van der Waals surface area contributed by atoms with Crippen LogP contribution in [0.1, 0.15) is 0 Å². The first-order valence-corrected chi connectivity index (χ1v) is 4.85. The summed E-state index contributed by atoms with van der Waals surface area (Å²) in [5, 5.41) is 7.73. The summed E-state index contributed by atoms with van der Waals surface area (Å²) in [6.07, 6.45) is 0. The second-order valence-corrected chi connectivity index (χ2v) is 3.49. The standard InChI is InChI=1S/C10H10N2S/c11-9-5-1-4-8-7(9)3-2-6-10(8)13-12/h1-6H,11-12H2. The fourth-order valence-electron chi connectivity index (χ4n) is 1.41. The highest BCUT2D eigenvalue weighted by Gasteiger charge is 2.00. The number of benzene rings is 2. The highest BCUT2D eigenvalue weighted by atomic mass is 32.2. The molecule has 0 aliphatic rings. The minimum atomic E-state index is 0.799. The summed E-state index contributed by atoms with van der Waals surface area (Å²) < 4.78 is 0. The average Bonchev–Trinajstić information content (AvgIpc) is 2.18. The highest BCUT2D eigenvalue weighted by molar-refractivity contribution is 7.97. The zero-order chi connectivity index (χ0) is 9.26. The SMILES string of the molecule is NSc1cccc2c(N)cccc12. The van der Waals surface area contributed by atoms with Crippen LogP contribution >= 0.6 is 11.9 Å². The van der Waals surface area contributed by atoms with Crippen molar-refractivity contribution in [1.82, 2.24) is 0 Å². The van der Waals surface area contributed by atoms with Crippen LogP contribution < -0.4 is 10.9 Å². The van der Waals surface area contributed by atoms with E-state index in [9.17, 15) is 0 Å². The number of hydrogen-bond donors (Lipinski definition) is 2. The molecule has 0 aromatic heterocycles. The maximum atomic E-state index is 5.83. The summed E-state index contributed by atoms with van der Waals surface area (Å²) in [7, 11) is 0. The van der Waals surface area contributed by atoms with Crippen molar-refractivity contribution in [2.75, 3.05) is 5.73 Å². The molecule has 0 radical (unpaired) electrons. The molecule has 0 bridgehead atoms. The van der Waals surface area contributed by atoms with Crippen LogP contribution in [0.15, 0.2) is 41.3 Å². The van der Waals surface area contributed by atoms with Gasteiger partial charge in [-0.1, -0.05) is 24.3 Å². The van der Waals surface area contributed by atoms with Crippen molar-refractivity contribution >= 4 is 28.4 Å². The van der Waals surface area contributed by atoms with Crippen LogP contribution in [-0.4, -0.2) is 0 Å². The summed E-state index contributed by atoms with van der Waals surface area (Å²) in [6, 6.07) is 11.8. The molecule has 2 nitrogen and oxygen atoms in total. The molecule has 0 spiro atoms. The Kier molecular flexibility index (Phi) is 2.12. The fourth-order valence-corrected chi connectivity index (χ4v) is 1.87. The van der Waals surface area contributed by atoms with Gasteiger partial charge < -0.3 is 5.73 Å². The molecule has 0 aliphatic heterocycles. The molecule has 3 heteroatoms. The average molecular weight is 190 g/mol. The summed E-state index contributed by atoms with van der Waals surface area (Å²) in [4.78, 5) is 1.06. The fraction of sp³-hybridized carbons (Fsp3) is 0. The number of anilines is 1. The lowest BCUT2D eigenvalue weighted by Gasteiger charge is -2.04. The van der Waals surface area contributed by atoms with Crippen LogP contribution in [-0.2, 0) is 0 Å². The second kappa shape index (κ2) is 3.28. The Labute approximate surface area is 81.1 Å². The topological polar surface area (TPSA) is 52.0 Å². The molecule has 2 aromatic carbocycles. The molecular weight excluding hydrogens is 180 g/mol. The van der Waals surface area contributed by atoms with Gasteiger partial charge in [-0.05, 0) is 29.5 Å². The molecule has 0 atom stereocenters. The minimum Gasteiger partial charge on any atom is -0.398 e. The van der Waals surface area contributed by atoms with Gasteiger partial charge in [0.15, 0.2) is 0 Å². The predicted octanol–water partition coefficient (Wildman–Crippen LogP) is 2.39. The van der Waals surface area contributed by atoms with E-state index in [0.29, 0.717) is 0 Å².